The van der Waals surface area contributed by atoms with Crippen molar-refractivity contribution >= 4 is 5.91 Å². The second-order valence-electron chi connectivity index (χ2n) is 7.49. The number of nitrogens with zero attached hydrogens (tertiary/aromatic N) is 3. The molecule has 1 fully saturated rings. The molecule has 3 rings (SSSR count). The molecular formula is C21H31N3O. The summed E-state index contributed by atoms with van der Waals surface area (Å²) >= 11 is 0. The van der Waals surface area contributed by atoms with E-state index >= 15 is 0 Å². The lowest BCUT2D eigenvalue weighted by atomic mass is 9.97. The fraction of sp³-hybridized carbons (Fsp3) is 0.619. The zero-order chi connectivity index (χ0) is 17.5. The van der Waals surface area contributed by atoms with Crippen molar-refractivity contribution in [3.8, 4) is 0 Å². The average Bonchev–Trinajstić information content (AvgIpc) is 2.90. The van der Waals surface area contributed by atoms with Crippen molar-refractivity contribution in [2.75, 3.05) is 20.1 Å². The van der Waals surface area contributed by atoms with Gasteiger partial charge in [-0.2, -0.15) is 0 Å². The Morgan fingerprint density at radius 2 is 2.16 bits per heavy atom. The van der Waals surface area contributed by atoms with Crippen LogP contribution in [0.2, 0.25) is 0 Å². The summed E-state index contributed by atoms with van der Waals surface area (Å²) in [4.78, 5) is 21.6. The second-order valence-corrected chi connectivity index (χ2v) is 7.49. The van der Waals surface area contributed by atoms with Gasteiger partial charge in [-0.1, -0.05) is 17.7 Å². The lowest BCUT2D eigenvalue weighted by molar-refractivity contribution is -0.130. The van der Waals surface area contributed by atoms with Gasteiger partial charge in [-0.3, -0.25) is 14.7 Å². The molecule has 1 saturated heterocycles. The van der Waals surface area contributed by atoms with Crippen LogP contribution in [0.1, 0.15) is 57.1 Å². The first-order chi connectivity index (χ1) is 12.2. The van der Waals surface area contributed by atoms with Crippen molar-refractivity contribution in [3.63, 3.8) is 0 Å². The van der Waals surface area contributed by atoms with Gasteiger partial charge < -0.3 is 4.90 Å². The lowest BCUT2D eigenvalue weighted by Crippen LogP contribution is -2.35. The summed E-state index contributed by atoms with van der Waals surface area (Å²) in [6.07, 6.45) is 12.9. The van der Waals surface area contributed by atoms with Crippen LogP contribution in [0.4, 0.5) is 0 Å². The highest BCUT2D eigenvalue weighted by Crippen LogP contribution is 2.23. The van der Waals surface area contributed by atoms with Gasteiger partial charge in [0.25, 0.3) is 0 Å². The molecule has 2 heterocycles. The van der Waals surface area contributed by atoms with Crippen LogP contribution in [0, 0.1) is 0 Å². The zero-order valence-corrected chi connectivity index (χ0v) is 15.5. The number of aromatic nitrogens is 1. The Bertz CT molecular complexity index is 584. The largest absolute Gasteiger partial charge is 0.342 e. The van der Waals surface area contributed by atoms with E-state index in [1.54, 1.807) is 0 Å². The Kier molecular flexibility index (Phi) is 6.62. The molecular weight excluding hydrogens is 310 g/mol. The molecule has 1 aliphatic heterocycles. The van der Waals surface area contributed by atoms with Gasteiger partial charge in [0.1, 0.15) is 0 Å². The minimum atomic E-state index is 0.334. The highest BCUT2D eigenvalue weighted by atomic mass is 16.2. The Labute approximate surface area is 151 Å². The van der Waals surface area contributed by atoms with E-state index in [1.165, 1.54) is 18.4 Å². The van der Waals surface area contributed by atoms with Crippen LogP contribution in [0.25, 0.3) is 0 Å². The molecule has 0 spiro atoms. The molecule has 1 amide bonds. The van der Waals surface area contributed by atoms with Crippen LogP contribution >= 0.6 is 0 Å². The molecule has 2 aliphatic rings. The van der Waals surface area contributed by atoms with E-state index in [0.29, 0.717) is 18.4 Å². The van der Waals surface area contributed by atoms with Crippen LogP contribution < -0.4 is 0 Å². The highest BCUT2D eigenvalue weighted by Gasteiger charge is 2.23. The summed E-state index contributed by atoms with van der Waals surface area (Å²) in [7, 11) is 2.18. The molecule has 1 aromatic rings. The molecule has 0 unspecified atom stereocenters. The number of amides is 1. The van der Waals surface area contributed by atoms with Crippen molar-refractivity contribution in [1.29, 1.82) is 0 Å². The van der Waals surface area contributed by atoms with Crippen LogP contribution in [0.3, 0.4) is 0 Å². The smallest absolute Gasteiger partial charge is 0.226 e. The van der Waals surface area contributed by atoms with Gasteiger partial charge in [0, 0.05) is 38.3 Å². The average molecular weight is 341 g/mol. The predicted molar refractivity (Wildman–Crippen MR) is 101 cm³/mol. The molecule has 0 aromatic carbocycles. The molecule has 1 atom stereocenters. The fourth-order valence-electron chi connectivity index (χ4n) is 4.02. The predicted octanol–water partition coefficient (Wildman–Crippen LogP) is 3.79. The van der Waals surface area contributed by atoms with Gasteiger partial charge in [-0.05, 0) is 64.1 Å². The van der Waals surface area contributed by atoms with Gasteiger partial charge in [0.05, 0.1) is 5.69 Å². The van der Waals surface area contributed by atoms with E-state index in [-0.39, 0.29) is 0 Å². The fourth-order valence-corrected chi connectivity index (χ4v) is 4.02. The number of rotatable bonds is 5. The van der Waals surface area contributed by atoms with E-state index < -0.39 is 0 Å². The monoisotopic (exact) mass is 341 g/mol. The molecule has 0 saturated carbocycles. The van der Waals surface area contributed by atoms with Gasteiger partial charge in [0.15, 0.2) is 0 Å². The Morgan fingerprint density at radius 3 is 2.92 bits per heavy atom. The summed E-state index contributed by atoms with van der Waals surface area (Å²) in [5, 5.41) is 0. The summed E-state index contributed by atoms with van der Waals surface area (Å²) in [6, 6.07) is 6.62. The number of likely N-dealkylation sites (tertiary alicyclic amines) is 1. The van der Waals surface area contributed by atoms with Crippen LogP contribution in [0.15, 0.2) is 36.0 Å². The molecule has 0 radical (unpaired) electrons. The first-order valence-corrected chi connectivity index (χ1v) is 9.78. The summed E-state index contributed by atoms with van der Waals surface area (Å²) in [5.74, 6) is 0.334. The van der Waals surface area contributed by atoms with Gasteiger partial charge in [-0.15, -0.1) is 0 Å². The van der Waals surface area contributed by atoms with Crippen molar-refractivity contribution in [1.82, 2.24) is 14.8 Å². The van der Waals surface area contributed by atoms with Crippen LogP contribution in [0.5, 0.6) is 0 Å². The van der Waals surface area contributed by atoms with E-state index in [4.69, 9.17) is 0 Å². The topological polar surface area (TPSA) is 36.4 Å². The number of carbonyl (C=O) groups is 1. The quantitative estimate of drug-likeness (QED) is 0.765. The molecule has 4 nitrogen and oxygen atoms in total. The number of hydrogen-bond donors (Lipinski definition) is 0. The number of hydrogen-bond acceptors (Lipinski definition) is 3. The normalized spacial score (nSPS) is 21.8. The molecule has 1 aliphatic carbocycles. The molecule has 4 heteroatoms. The van der Waals surface area contributed by atoms with Gasteiger partial charge in [0.2, 0.25) is 5.91 Å². The SMILES string of the molecule is CN(Cc1ccccn1)[C@@H]1CCCN(C(=O)CC2=CCCCC2)CC1. The lowest BCUT2D eigenvalue weighted by Gasteiger charge is -2.27. The molecule has 136 valence electrons. The summed E-state index contributed by atoms with van der Waals surface area (Å²) < 4.78 is 0. The maximum atomic E-state index is 12.6. The first-order valence-electron chi connectivity index (χ1n) is 9.78. The maximum absolute atomic E-state index is 12.6. The minimum Gasteiger partial charge on any atom is -0.342 e. The maximum Gasteiger partial charge on any atom is 0.226 e. The molecule has 25 heavy (non-hydrogen) atoms. The molecule has 0 N–H and O–H groups in total. The van der Waals surface area contributed by atoms with E-state index in [2.05, 4.69) is 34.0 Å². The Balaban J connectivity index is 1.49. The standard InChI is InChI=1S/C21H31N3O/c1-23(17-19-10-5-6-13-22-19)20-11-7-14-24(15-12-20)21(25)16-18-8-3-2-4-9-18/h5-6,8,10,13,20H,2-4,7,9,11-12,14-17H2,1H3/t20-/m1/s1. The Hall–Kier alpha value is -1.68. The number of carbonyl (C=O) groups excluding carboxylic acids is 1. The minimum absolute atomic E-state index is 0.334. The third-order valence-electron chi connectivity index (χ3n) is 5.57. The third-order valence-corrected chi connectivity index (χ3v) is 5.57. The molecule has 1 aromatic heterocycles. The Morgan fingerprint density at radius 1 is 1.24 bits per heavy atom. The van der Waals surface area contributed by atoms with Crippen molar-refractivity contribution in [2.24, 2.45) is 0 Å². The third kappa shape index (κ3) is 5.40. The van der Waals surface area contributed by atoms with Gasteiger partial charge >= 0.3 is 0 Å². The van der Waals surface area contributed by atoms with Crippen molar-refractivity contribution < 1.29 is 4.79 Å². The van der Waals surface area contributed by atoms with E-state index in [9.17, 15) is 4.79 Å². The van der Waals surface area contributed by atoms with Crippen LogP contribution in [-0.4, -0.2) is 46.9 Å². The second kappa shape index (κ2) is 9.14. The molecule has 0 bridgehead atoms. The van der Waals surface area contributed by atoms with Crippen LogP contribution in [-0.2, 0) is 11.3 Å². The van der Waals surface area contributed by atoms with Crippen molar-refractivity contribution in [3.05, 3.63) is 41.7 Å². The summed E-state index contributed by atoms with van der Waals surface area (Å²) in [5.41, 5.74) is 2.48. The number of pyridine rings is 1. The zero-order valence-electron chi connectivity index (χ0n) is 15.5. The van der Waals surface area contributed by atoms with E-state index in [1.807, 2.05) is 18.3 Å². The first kappa shape index (κ1) is 18.1. The van der Waals surface area contributed by atoms with Crippen molar-refractivity contribution in [2.45, 2.75) is 64.0 Å². The highest BCUT2D eigenvalue weighted by molar-refractivity contribution is 5.78. The number of allylic oxidation sites excluding steroid dienone is 1. The van der Waals surface area contributed by atoms with E-state index in [0.717, 1.165) is 57.4 Å². The van der Waals surface area contributed by atoms with Gasteiger partial charge in [-0.25, -0.2) is 0 Å². The summed E-state index contributed by atoms with van der Waals surface area (Å²) in [6.45, 7) is 2.69.